The molecule has 0 amide bonds. The molecule has 0 unspecified atom stereocenters. The minimum atomic E-state index is -1.09. The SMILES string of the molecule is C=CCCC1CCC(c2ccc(-c3ccc4cc(CCC)c(F)c(F)c4c3F)cc2)CC1. The van der Waals surface area contributed by atoms with Gasteiger partial charge in [0.15, 0.2) is 11.6 Å². The van der Waals surface area contributed by atoms with Crippen LogP contribution in [0.4, 0.5) is 13.2 Å². The molecule has 1 fully saturated rings. The molecule has 1 aliphatic carbocycles. The van der Waals surface area contributed by atoms with E-state index in [0.717, 1.165) is 12.3 Å². The smallest absolute Gasteiger partial charge is 0.169 e. The van der Waals surface area contributed by atoms with Crippen LogP contribution in [0.2, 0.25) is 0 Å². The van der Waals surface area contributed by atoms with Crippen molar-refractivity contribution in [1.29, 1.82) is 0 Å². The number of allylic oxidation sites excluding steroid dienone is 1. The highest BCUT2D eigenvalue weighted by Crippen LogP contribution is 2.39. The molecule has 0 aromatic heterocycles. The summed E-state index contributed by atoms with van der Waals surface area (Å²) >= 11 is 0. The summed E-state index contributed by atoms with van der Waals surface area (Å²) < 4.78 is 44.5. The molecule has 3 heteroatoms. The first kappa shape index (κ1) is 22.6. The van der Waals surface area contributed by atoms with Gasteiger partial charge in [-0.15, -0.1) is 6.58 Å². The highest BCUT2D eigenvalue weighted by Gasteiger charge is 2.23. The Bertz CT molecular complexity index is 1090. The van der Waals surface area contributed by atoms with Crippen molar-refractivity contribution in [3.63, 3.8) is 0 Å². The summed E-state index contributed by atoms with van der Waals surface area (Å²) in [7, 11) is 0. The molecule has 0 nitrogen and oxygen atoms in total. The lowest BCUT2D eigenvalue weighted by Gasteiger charge is -2.28. The van der Waals surface area contributed by atoms with Gasteiger partial charge >= 0.3 is 0 Å². The second kappa shape index (κ2) is 9.94. The monoisotopic (exact) mass is 436 g/mol. The summed E-state index contributed by atoms with van der Waals surface area (Å²) in [6.07, 6.45) is 10.3. The normalized spacial score (nSPS) is 18.8. The first-order valence-electron chi connectivity index (χ1n) is 11.8. The standard InChI is InChI=1S/C29H31F3/c1-3-5-7-19-8-10-20(11-9-19)21-12-14-22(15-13-21)25-17-16-23-18-24(6-4-2)27(30)29(32)26(23)28(25)31/h3,12-20H,1,4-11H2,2H3. The van der Waals surface area contributed by atoms with Gasteiger partial charge in [0, 0.05) is 5.56 Å². The van der Waals surface area contributed by atoms with E-state index in [0.29, 0.717) is 40.8 Å². The first-order chi connectivity index (χ1) is 15.5. The van der Waals surface area contributed by atoms with Crippen molar-refractivity contribution in [2.24, 2.45) is 5.92 Å². The van der Waals surface area contributed by atoms with Crippen molar-refractivity contribution >= 4 is 10.8 Å². The second-order valence-electron chi connectivity index (χ2n) is 9.14. The van der Waals surface area contributed by atoms with Crippen LogP contribution in [-0.4, -0.2) is 0 Å². The predicted molar refractivity (Wildman–Crippen MR) is 127 cm³/mol. The van der Waals surface area contributed by atoms with Gasteiger partial charge in [0.05, 0.1) is 5.39 Å². The van der Waals surface area contributed by atoms with Crippen LogP contribution in [0.5, 0.6) is 0 Å². The van der Waals surface area contributed by atoms with Crippen molar-refractivity contribution in [3.8, 4) is 11.1 Å². The molecule has 1 saturated carbocycles. The third-order valence-corrected chi connectivity index (χ3v) is 7.04. The number of fused-ring (bicyclic) bond motifs is 1. The maximum Gasteiger partial charge on any atom is 0.169 e. The largest absolute Gasteiger partial charge is 0.206 e. The van der Waals surface area contributed by atoms with E-state index < -0.39 is 17.5 Å². The van der Waals surface area contributed by atoms with Gasteiger partial charge in [-0.3, -0.25) is 0 Å². The predicted octanol–water partition coefficient (Wildman–Crippen LogP) is 9.12. The molecule has 0 N–H and O–H groups in total. The molecule has 32 heavy (non-hydrogen) atoms. The van der Waals surface area contributed by atoms with E-state index in [1.54, 1.807) is 18.2 Å². The van der Waals surface area contributed by atoms with Crippen LogP contribution in [0.15, 0.2) is 55.1 Å². The Morgan fingerprint density at radius 3 is 2.28 bits per heavy atom. The molecular weight excluding hydrogens is 405 g/mol. The fourth-order valence-corrected chi connectivity index (χ4v) is 5.18. The quantitative estimate of drug-likeness (QED) is 0.324. The summed E-state index contributed by atoms with van der Waals surface area (Å²) in [5.74, 6) is -1.39. The van der Waals surface area contributed by atoms with Crippen molar-refractivity contribution in [2.45, 2.75) is 64.2 Å². The molecule has 3 aromatic rings. The number of hydrogen-bond donors (Lipinski definition) is 0. The van der Waals surface area contributed by atoms with E-state index >= 15 is 4.39 Å². The van der Waals surface area contributed by atoms with Crippen molar-refractivity contribution in [3.05, 3.63) is 83.7 Å². The van der Waals surface area contributed by atoms with Crippen LogP contribution in [0.25, 0.3) is 21.9 Å². The fourth-order valence-electron chi connectivity index (χ4n) is 5.18. The van der Waals surface area contributed by atoms with Gasteiger partial charge in [-0.05, 0) is 84.9 Å². The Balaban J connectivity index is 1.57. The van der Waals surface area contributed by atoms with E-state index in [1.165, 1.54) is 37.7 Å². The molecule has 0 bridgehead atoms. The highest BCUT2D eigenvalue weighted by atomic mass is 19.2. The minimum absolute atomic E-state index is 0.262. The summed E-state index contributed by atoms with van der Waals surface area (Å²) in [6.45, 7) is 5.72. The van der Waals surface area contributed by atoms with Crippen LogP contribution in [0, 0.1) is 23.4 Å². The van der Waals surface area contributed by atoms with Gasteiger partial charge in [-0.2, -0.15) is 0 Å². The van der Waals surface area contributed by atoms with Gasteiger partial charge in [-0.25, -0.2) is 13.2 Å². The van der Waals surface area contributed by atoms with Gasteiger partial charge in [-0.1, -0.05) is 55.8 Å². The topological polar surface area (TPSA) is 0 Å². The third kappa shape index (κ3) is 4.48. The Labute approximate surface area is 189 Å². The van der Waals surface area contributed by atoms with Crippen LogP contribution in [-0.2, 0) is 6.42 Å². The van der Waals surface area contributed by atoms with E-state index in [1.807, 2.05) is 25.1 Å². The molecular formula is C29H31F3. The molecule has 0 atom stereocenters. The Hall–Kier alpha value is -2.55. The average molecular weight is 437 g/mol. The fraction of sp³-hybridized carbons (Fsp3) is 0.379. The molecule has 0 saturated heterocycles. The molecule has 168 valence electrons. The zero-order valence-corrected chi connectivity index (χ0v) is 18.8. The van der Waals surface area contributed by atoms with E-state index in [2.05, 4.69) is 18.7 Å². The van der Waals surface area contributed by atoms with Gasteiger partial charge < -0.3 is 0 Å². The summed E-state index contributed by atoms with van der Waals surface area (Å²) in [4.78, 5) is 0. The number of hydrogen-bond acceptors (Lipinski definition) is 0. The van der Waals surface area contributed by atoms with Gasteiger partial charge in [0.2, 0.25) is 0 Å². The van der Waals surface area contributed by atoms with Crippen molar-refractivity contribution in [2.75, 3.05) is 0 Å². The van der Waals surface area contributed by atoms with Crippen LogP contribution < -0.4 is 0 Å². The second-order valence-corrected chi connectivity index (χ2v) is 9.14. The lowest BCUT2D eigenvalue weighted by Crippen LogP contribution is -2.13. The molecule has 1 aliphatic rings. The van der Waals surface area contributed by atoms with Crippen molar-refractivity contribution in [1.82, 2.24) is 0 Å². The third-order valence-electron chi connectivity index (χ3n) is 7.04. The molecule has 0 heterocycles. The molecule has 4 rings (SSSR count). The summed E-state index contributed by atoms with van der Waals surface area (Å²) in [5, 5.41) is 0.139. The average Bonchev–Trinajstić information content (AvgIpc) is 2.82. The van der Waals surface area contributed by atoms with E-state index in [9.17, 15) is 8.78 Å². The van der Waals surface area contributed by atoms with Crippen molar-refractivity contribution < 1.29 is 13.2 Å². The summed E-state index contributed by atoms with van der Waals surface area (Å²) in [5.41, 5.74) is 2.57. The lowest BCUT2D eigenvalue weighted by molar-refractivity contribution is 0.312. The van der Waals surface area contributed by atoms with E-state index in [4.69, 9.17) is 0 Å². The number of benzene rings is 3. The molecule has 0 radical (unpaired) electrons. The van der Waals surface area contributed by atoms with Crippen LogP contribution in [0.3, 0.4) is 0 Å². The van der Waals surface area contributed by atoms with Crippen LogP contribution >= 0.6 is 0 Å². The molecule has 0 aliphatic heterocycles. The zero-order valence-electron chi connectivity index (χ0n) is 18.8. The van der Waals surface area contributed by atoms with Gasteiger partial charge in [0.1, 0.15) is 5.82 Å². The number of rotatable bonds is 7. The summed E-state index contributed by atoms with van der Waals surface area (Å²) in [6, 6.07) is 12.9. The number of halogens is 3. The first-order valence-corrected chi connectivity index (χ1v) is 11.8. The Morgan fingerprint density at radius 1 is 0.906 bits per heavy atom. The minimum Gasteiger partial charge on any atom is -0.206 e. The van der Waals surface area contributed by atoms with E-state index in [-0.39, 0.29) is 5.39 Å². The maximum absolute atomic E-state index is 15.3. The lowest BCUT2D eigenvalue weighted by atomic mass is 9.77. The zero-order chi connectivity index (χ0) is 22.7. The van der Waals surface area contributed by atoms with Gasteiger partial charge in [0.25, 0.3) is 0 Å². The molecule has 3 aromatic carbocycles. The number of aryl methyl sites for hydroxylation is 1. The van der Waals surface area contributed by atoms with Crippen LogP contribution in [0.1, 0.15) is 68.9 Å². The highest BCUT2D eigenvalue weighted by molar-refractivity contribution is 5.89. The molecule has 0 spiro atoms. The Morgan fingerprint density at radius 2 is 1.62 bits per heavy atom. The Kier molecular flexibility index (Phi) is 7.03. The maximum atomic E-state index is 15.3.